The summed E-state index contributed by atoms with van der Waals surface area (Å²) in [4.78, 5) is 8.23. The van der Waals surface area contributed by atoms with Crippen LogP contribution in [0.4, 0.5) is 0 Å². The molecule has 3 nitrogen and oxygen atoms in total. The van der Waals surface area contributed by atoms with E-state index >= 15 is 0 Å². The molecule has 0 aliphatic heterocycles. The fourth-order valence-electron chi connectivity index (χ4n) is 0.874. The van der Waals surface area contributed by atoms with Gasteiger partial charge in [0.05, 0.1) is 6.20 Å². The molecule has 1 rings (SSSR count). The van der Waals surface area contributed by atoms with Gasteiger partial charge in [0.1, 0.15) is 5.03 Å². The van der Waals surface area contributed by atoms with Crippen molar-refractivity contribution in [1.29, 1.82) is 0 Å². The van der Waals surface area contributed by atoms with Gasteiger partial charge in [0.25, 0.3) is 0 Å². The van der Waals surface area contributed by atoms with E-state index in [2.05, 4.69) is 29.1 Å². The second-order valence-corrected chi connectivity index (χ2v) is 4.34. The first kappa shape index (κ1) is 10.5. The molecule has 0 aliphatic carbocycles. The molecular weight excluding hydrogens is 182 g/mol. The monoisotopic (exact) mass is 197 g/mol. The van der Waals surface area contributed by atoms with E-state index in [-0.39, 0.29) is 0 Å². The maximum atomic E-state index is 4.21. The number of nitrogens with zero attached hydrogens (tertiary/aromatic N) is 2. The lowest BCUT2D eigenvalue weighted by atomic mass is 10.3. The fraction of sp³-hybridized carbons (Fsp3) is 0.556. The van der Waals surface area contributed by atoms with Crippen LogP contribution in [0.15, 0.2) is 23.6 Å². The summed E-state index contributed by atoms with van der Waals surface area (Å²) in [6.45, 7) is 4.34. The first-order valence-electron chi connectivity index (χ1n) is 4.34. The highest BCUT2D eigenvalue weighted by molar-refractivity contribution is 7.99. The Bertz CT molecular complexity index is 240. The van der Waals surface area contributed by atoms with Crippen molar-refractivity contribution in [2.75, 3.05) is 7.05 Å². The van der Waals surface area contributed by atoms with Crippen LogP contribution in [-0.2, 0) is 0 Å². The normalized spacial score (nSPS) is 15.3. The molecule has 2 atom stereocenters. The van der Waals surface area contributed by atoms with Gasteiger partial charge < -0.3 is 5.32 Å². The second-order valence-electron chi connectivity index (χ2n) is 2.94. The third-order valence-corrected chi connectivity index (χ3v) is 3.24. The van der Waals surface area contributed by atoms with Gasteiger partial charge in [0, 0.05) is 23.7 Å². The molecule has 0 bridgehead atoms. The van der Waals surface area contributed by atoms with E-state index in [1.54, 1.807) is 30.4 Å². The predicted molar refractivity (Wildman–Crippen MR) is 55.9 cm³/mol. The molecule has 0 saturated carbocycles. The Labute approximate surface area is 83.4 Å². The number of hydrogen-bond donors (Lipinski definition) is 1. The van der Waals surface area contributed by atoms with Crippen LogP contribution in [0.5, 0.6) is 0 Å². The molecule has 0 amide bonds. The molecule has 0 radical (unpaired) electrons. The lowest BCUT2D eigenvalue weighted by Gasteiger charge is -2.17. The van der Waals surface area contributed by atoms with E-state index in [0.29, 0.717) is 11.3 Å². The van der Waals surface area contributed by atoms with Crippen molar-refractivity contribution in [2.45, 2.75) is 30.2 Å². The third-order valence-electron chi connectivity index (χ3n) is 2.01. The molecular formula is C9H15N3S. The molecule has 0 aliphatic rings. The summed E-state index contributed by atoms with van der Waals surface area (Å²) in [6, 6.07) is 0.479. The van der Waals surface area contributed by atoms with Gasteiger partial charge >= 0.3 is 0 Å². The summed E-state index contributed by atoms with van der Waals surface area (Å²) in [5, 5.41) is 4.70. The van der Waals surface area contributed by atoms with Crippen LogP contribution >= 0.6 is 11.8 Å². The van der Waals surface area contributed by atoms with Gasteiger partial charge in [-0.05, 0) is 14.0 Å². The van der Waals surface area contributed by atoms with Crippen LogP contribution in [0.1, 0.15) is 13.8 Å². The average molecular weight is 197 g/mol. The molecule has 0 aromatic carbocycles. The van der Waals surface area contributed by atoms with E-state index in [4.69, 9.17) is 0 Å². The summed E-state index contributed by atoms with van der Waals surface area (Å²) in [7, 11) is 1.97. The van der Waals surface area contributed by atoms with Crippen molar-refractivity contribution in [1.82, 2.24) is 15.3 Å². The van der Waals surface area contributed by atoms with Crippen LogP contribution in [-0.4, -0.2) is 28.3 Å². The Morgan fingerprint density at radius 3 is 2.69 bits per heavy atom. The largest absolute Gasteiger partial charge is 0.316 e. The van der Waals surface area contributed by atoms with Gasteiger partial charge in [-0.3, -0.25) is 4.98 Å². The molecule has 1 N–H and O–H groups in total. The Kier molecular flexibility index (Phi) is 4.18. The lowest BCUT2D eigenvalue weighted by Crippen LogP contribution is -2.30. The van der Waals surface area contributed by atoms with E-state index < -0.39 is 0 Å². The van der Waals surface area contributed by atoms with Gasteiger partial charge in [0.2, 0.25) is 0 Å². The van der Waals surface area contributed by atoms with E-state index in [9.17, 15) is 0 Å². The Morgan fingerprint density at radius 1 is 1.38 bits per heavy atom. The zero-order chi connectivity index (χ0) is 9.68. The molecule has 0 saturated heterocycles. The zero-order valence-corrected chi connectivity index (χ0v) is 9.01. The first-order valence-corrected chi connectivity index (χ1v) is 5.22. The Morgan fingerprint density at radius 2 is 2.15 bits per heavy atom. The van der Waals surface area contributed by atoms with Crippen LogP contribution < -0.4 is 5.32 Å². The summed E-state index contributed by atoms with van der Waals surface area (Å²) in [5.74, 6) is 0. The molecule has 2 unspecified atom stereocenters. The summed E-state index contributed by atoms with van der Waals surface area (Å²) in [6.07, 6.45) is 5.21. The van der Waals surface area contributed by atoms with Crippen molar-refractivity contribution in [3.05, 3.63) is 18.6 Å². The maximum Gasteiger partial charge on any atom is 0.115 e. The molecule has 1 aromatic rings. The molecule has 1 aromatic heterocycles. The van der Waals surface area contributed by atoms with Gasteiger partial charge in [-0.15, -0.1) is 11.8 Å². The minimum absolute atomic E-state index is 0.479. The van der Waals surface area contributed by atoms with Crippen molar-refractivity contribution < 1.29 is 0 Å². The highest BCUT2D eigenvalue weighted by Gasteiger charge is 2.11. The number of rotatable bonds is 4. The topological polar surface area (TPSA) is 37.8 Å². The smallest absolute Gasteiger partial charge is 0.115 e. The van der Waals surface area contributed by atoms with Crippen molar-refractivity contribution in [2.24, 2.45) is 0 Å². The minimum Gasteiger partial charge on any atom is -0.316 e. The predicted octanol–water partition coefficient (Wildman–Crippen LogP) is 1.57. The number of hydrogen-bond acceptors (Lipinski definition) is 4. The van der Waals surface area contributed by atoms with Crippen LogP contribution in [0.2, 0.25) is 0 Å². The SMILES string of the molecule is CNC(C)C(C)Sc1cnccn1. The van der Waals surface area contributed by atoms with Gasteiger partial charge in [-0.2, -0.15) is 0 Å². The van der Waals surface area contributed by atoms with Gasteiger partial charge in [-0.1, -0.05) is 6.92 Å². The van der Waals surface area contributed by atoms with E-state index in [1.807, 2.05) is 7.05 Å². The highest BCUT2D eigenvalue weighted by atomic mass is 32.2. The fourth-order valence-corrected chi connectivity index (χ4v) is 1.84. The standard InChI is InChI=1S/C9H15N3S/c1-7(10-3)8(2)13-9-6-11-4-5-12-9/h4-8,10H,1-3H3. The van der Waals surface area contributed by atoms with Crippen molar-refractivity contribution in [3.63, 3.8) is 0 Å². The van der Waals surface area contributed by atoms with Crippen molar-refractivity contribution in [3.8, 4) is 0 Å². The minimum atomic E-state index is 0.479. The number of thioether (sulfide) groups is 1. The van der Waals surface area contributed by atoms with E-state index in [1.165, 1.54) is 0 Å². The summed E-state index contributed by atoms with van der Waals surface area (Å²) >= 11 is 1.74. The summed E-state index contributed by atoms with van der Waals surface area (Å²) < 4.78 is 0. The van der Waals surface area contributed by atoms with Crippen LogP contribution in [0, 0.1) is 0 Å². The van der Waals surface area contributed by atoms with Crippen LogP contribution in [0.25, 0.3) is 0 Å². The molecule has 4 heteroatoms. The zero-order valence-electron chi connectivity index (χ0n) is 8.19. The second kappa shape index (κ2) is 5.19. The van der Waals surface area contributed by atoms with Gasteiger partial charge in [-0.25, -0.2) is 4.98 Å². The first-order chi connectivity index (χ1) is 6.24. The lowest BCUT2D eigenvalue weighted by molar-refractivity contribution is 0.605. The average Bonchev–Trinajstić information content (AvgIpc) is 2.18. The number of nitrogens with one attached hydrogen (secondary N) is 1. The van der Waals surface area contributed by atoms with Crippen LogP contribution in [0.3, 0.4) is 0 Å². The Hall–Kier alpha value is -0.610. The van der Waals surface area contributed by atoms with E-state index in [0.717, 1.165) is 5.03 Å². The van der Waals surface area contributed by atoms with Crippen molar-refractivity contribution >= 4 is 11.8 Å². The molecule has 72 valence electrons. The third kappa shape index (κ3) is 3.32. The molecule has 0 spiro atoms. The maximum absolute atomic E-state index is 4.21. The molecule has 1 heterocycles. The highest BCUT2D eigenvalue weighted by Crippen LogP contribution is 2.21. The molecule has 13 heavy (non-hydrogen) atoms. The quantitative estimate of drug-likeness (QED) is 0.743. The summed E-state index contributed by atoms with van der Waals surface area (Å²) in [5.41, 5.74) is 0. The number of aromatic nitrogens is 2. The molecule has 0 fully saturated rings. The Balaban J connectivity index is 2.50. The van der Waals surface area contributed by atoms with Gasteiger partial charge in [0.15, 0.2) is 0 Å².